The summed E-state index contributed by atoms with van der Waals surface area (Å²) in [5.41, 5.74) is 0.610. The molecule has 2 amide bonds. The molecule has 0 spiro atoms. The third-order valence-electron chi connectivity index (χ3n) is 1.77. The van der Waals surface area contributed by atoms with Crippen molar-refractivity contribution in [3.63, 3.8) is 0 Å². The van der Waals surface area contributed by atoms with E-state index in [-0.39, 0.29) is 12.1 Å². The van der Waals surface area contributed by atoms with E-state index in [1.807, 2.05) is 0 Å². The standard InChI is InChI=1S/C5H6N5O2P/c6-9-3(11)1-2-4(5(9)12)10(13)8-7-2/h1,6,13H2. The summed E-state index contributed by atoms with van der Waals surface area (Å²) < 4.78 is 1.23. The monoisotopic (exact) mass is 199 g/mol. The Morgan fingerprint density at radius 2 is 2.15 bits per heavy atom. The number of hydrogen-bond acceptors (Lipinski definition) is 5. The molecule has 1 aliphatic heterocycles. The highest BCUT2D eigenvalue weighted by Gasteiger charge is 2.33. The molecular weight excluding hydrogens is 193 g/mol. The Balaban J connectivity index is 2.58. The van der Waals surface area contributed by atoms with Crippen LogP contribution in [-0.2, 0) is 11.2 Å². The van der Waals surface area contributed by atoms with Crippen LogP contribution in [0.15, 0.2) is 0 Å². The van der Waals surface area contributed by atoms with Gasteiger partial charge in [0.25, 0.3) is 5.91 Å². The highest BCUT2D eigenvalue weighted by molar-refractivity contribution is 7.14. The van der Waals surface area contributed by atoms with E-state index in [1.165, 1.54) is 4.45 Å². The number of carbonyl (C=O) groups excluding carboxylic acids is 2. The Bertz CT molecular complexity index is 400. The zero-order valence-corrected chi connectivity index (χ0v) is 7.62. The minimum Gasteiger partial charge on any atom is -0.272 e. The Labute approximate surface area is 75.1 Å². The molecule has 2 N–H and O–H groups in total. The Hall–Kier alpha value is -1.33. The molecule has 13 heavy (non-hydrogen) atoms. The van der Waals surface area contributed by atoms with E-state index in [9.17, 15) is 9.59 Å². The lowest BCUT2D eigenvalue weighted by atomic mass is 10.1. The van der Waals surface area contributed by atoms with Crippen LogP contribution in [0, 0.1) is 0 Å². The fraction of sp³-hybridized carbons (Fsp3) is 0.200. The van der Waals surface area contributed by atoms with Crippen molar-refractivity contribution < 1.29 is 9.59 Å². The fourth-order valence-electron chi connectivity index (χ4n) is 1.12. The SMILES string of the molecule is NN1C(=O)Cc2nnn(P)c2C1=O. The predicted octanol–water partition coefficient (Wildman–Crippen LogP) is -1.69. The molecule has 68 valence electrons. The number of carbonyl (C=O) groups is 2. The molecule has 2 rings (SSSR count). The molecule has 0 bridgehead atoms. The maximum atomic E-state index is 11.4. The van der Waals surface area contributed by atoms with Crippen molar-refractivity contribution in [2.45, 2.75) is 6.42 Å². The second-order valence-corrected chi connectivity index (χ2v) is 3.06. The molecule has 1 aliphatic rings. The van der Waals surface area contributed by atoms with Crippen molar-refractivity contribution >= 4 is 21.2 Å². The summed E-state index contributed by atoms with van der Waals surface area (Å²) >= 11 is 0. The van der Waals surface area contributed by atoms with Gasteiger partial charge in [-0.05, 0) is 9.39 Å². The van der Waals surface area contributed by atoms with Crippen molar-refractivity contribution in [3.05, 3.63) is 11.4 Å². The van der Waals surface area contributed by atoms with E-state index < -0.39 is 11.8 Å². The van der Waals surface area contributed by atoms with Gasteiger partial charge in [0.1, 0.15) is 5.69 Å². The number of hydrogen-bond donors (Lipinski definition) is 1. The molecule has 0 saturated heterocycles. The molecule has 1 atom stereocenters. The van der Waals surface area contributed by atoms with Gasteiger partial charge in [-0.15, -0.1) is 5.10 Å². The van der Waals surface area contributed by atoms with Crippen LogP contribution < -0.4 is 5.84 Å². The molecule has 1 aromatic heterocycles. The lowest BCUT2D eigenvalue weighted by Gasteiger charge is -2.18. The van der Waals surface area contributed by atoms with Gasteiger partial charge in [-0.1, -0.05) is 5.21 Å². The lowest BCUT2D eigenvalue weighted by Crippen LogP contribution is -2.47. The number of rotatable bonds is 0. The molecule has 0 radical (unpaired) electrons. The first-order valence-corrected chi connectivity index (χ1v) is 3.94. The quantitative estimate of drug-likeness (QED) is 0.233. The van der Waals surface area contributed by atoms with Gasteiger partial charge in [0.15, 0.2) is 5.69 Å². The normalized spacial score (nSPS) is 16.3. The zero-order chi connectivity index (χ0) is 9.59. The van der Waals surface area contributed by atoms with E-state index in [2.05, 4.69) is 19.7 Å². The van der Waals surface area contributed by atoms with Gasteiger partial charge in [0.2, 0.25) is 5.91 Å². The number of nitrogens with zero attached hydrogens (tertiary/aromatic N) is 4. The van der Waals surface area contributed by atoms with Gasteiger partial charge in [-0.3, -0.25) is 9.59 Å². The number of hydrazine groups is 1. The van der Waals surface area contributed by atoms with Gasteiger partial charge < -0.3 is 0 Å². The molecule has 0 aliphatic carbocycles. The number of amides is 2. The average Bonchev–Trinajstić information content (AvgIpc) is 2.43. The number of imide groups is 1. The summed E-state index contributed by atoms with van der Waals surface area (Å²) in [4.78, 5) is 22.4. The first-order valence-electron chi connectivity index (χ1n) is 3.43. The van der Waals surface area contributed by atoms with Crippen LogP contribution in [0.2, 0.25) is 0 Å². The second kappa shape index (κ2) is 2.58. The van der Waals surface area contributed by atoms with Crippen LogP contribution in [0.25, 0.3) is 0 Å². The molecule has 8 heteroatoms. The summed E-state index contributed by atoms with van der Waals surface area (Å²) in [6.45, 7) is 0. The topological polar surface area (TPSA) is 94.1 Å². The molecule has 1 unspecified atom stereocenters. The minimum atomic E-state index is -0.578. The minimum absolute atomic E-state index is 0.0198. The summed E-state index contributed by atoms with van der Waals surface area (Å²) in [7, 11) is 2.20. The zero-order valence-electron chi connectivity index (χ0n) is 6.47. The van der Waals surface area contributed by atoms with Crippen molar-refractivity contribution in [1.82, 2.24) is 19.8 Å². The van der Waals surface area contributed by atoms with Crippen molar-refractivity contribution in [3.8, 4) is 0 Å². The Kier molecular flexibility index (Phi) is 1.64. The first-order chi connectivity index (χ1) is 6.11. The Morgan fingerprint density at radius 1 is 1.46 bits per heavy atom. The van der Waals surface area contributed by atoms with Crippen molar-refractivity contribution in [2.75, 3.05) is 0 Å². The van der Waals surface area contributed by atoms with Crippen LogP contribution in [0.5, 0.6) is 0 Å². The summed E-state index contributed by atoms with van der Waals surface area (Å²) in [6.07, 6.45) is 0.0198. The molecule has 7 nitrogen and oxygen atoms in total. The maximum Gasteiger partial charge on any atom is 0.295 e. The van der Waals surface area contributed by atoms with Gasteiger partial charge in [-0.25, -0.2) is 15.3 Å². The van der Waals surface area contributed by atoms with Gasteiger partial charge in [0.05, 0.1) is 6.42 Å². The third kappa shape index (κ3) is 1.05. The average molecular weight is 199 g/mol. The summed E-state index contributed by atoms with van der Waals surface area (Å²) in [5, 5.41) is 7.83. The predicted molar refractivity (Wildman–Crippen MR) is 44.2 cm³/mol. The maximum absolute atomic E-state index is 11.4. The highest BCUT2D eigenvalue weighted by Crippen LogP contribution is 2.16. The van der Waals surface area contributed by atoms with E-state index in [1.54, 1.807) is 0 Å². The smallest absolute Gasteiger partial charge is 0.272 e. The van der Waals surface area contributed by atoms with Crippen LogP contribution in [-0.4, -0.2) is 31.6 Å². The largest absolute Gasteiger partial charge is 0.295 e. The molecule has 0 aromatic carbocycles. The van der Waals surface area contributed by atoms with Gasteiger partial charge in [0, 0.05) is 0 Å². The number of aromatic nitrogens is 3. The van der Waals surface area contributed by atoms with Crippen LogP contribution >= 0.6 is 9.39 Å². The van der Waals surface area contributed by atoms with Gasteiger partial charge >= 0.3 is 0 Å². The molecule has 0 fully saturated rings. The summed E-state index contributed by atoms with van der Waals surface area (Å²) in [6, 6.07) is 0. The van der Waals surface area contributed by atoms with E-state index >= 15 is 0 Å². The van der Waals surface area contributed by atoms with Gasteiger partial charge in [-0.2, -0.15) is 0 Å². The van der Waals surface area contributed by atoms with E-state index in [0.29, 0.717) is 10.7 Å². The van der Waals surface area contributed by atoms with Crippen LogP contribution in [0.4, 0.5) is 0 Å². The molecule has 2 heterocycles. The molecule has 1 aromatic rings. The lowest BCUT2D eigenvalue weighted by molar-refractivity contribution is -0.128. The van der Waals surface area contributed by atoms with Crippen molar-refractivity contribution in [1.29, 1.82) is 0 Å². The number of nitrogens with two attached hydrogens (primary N) is 1. The second-order valence-electron chi connectivity index (χ2n) is 2.57. The van der Waals surface area contributed by atoms with E-state index in [0.717, 1.165) is 0 Å². The first kappa shape index (κ1) is 8.28. The number of fused-ring (bicyclic) bond motifs is 1. The highest BCUT2D eigenvalue weighted by atomic mass is 31.0. The van der Waals surface area contributed by atoms with Crippen LogP contribution in [0.1, 0.15) is 16.2 Å². The van der Waals surface area contributed by atoms with Crippen LogP contribution in [0.3, 0.4) is 0 Å². The summed E-state index contributed by atoms with van der Waals surface area (Å²) in [5.74, 6) is 4.17. The molecular formula is C5H6N5O2P. The third-order valence-corrected chi connectivity index (χ3v) is 2.13. The van der Waals surface area contributed by atoms with Crippen molar-refractivity contribution in [2.24, 2.45) is 5.84 Å². The van der Waals surface area contributed by atoms with E-state index in [4.69, 9.17) is 5.84 Å². The fourth-order valence-corrected chi connectivity index (χ4v) is 1.43. The Morgan fingerprint density at radius 3 is 2.85 bits per heavy atom. The molecule has 0 saturated carbocycles.